The maximum atomic E-state index is 6.59. The van der Waals surface area contributed by atoms with Crippen molar-refractivity contribution in [2.24, 2.45) is 7.05 Å². The molecule has 0 aliphatic carbocycles. The summed E-state index contributed by atoms with van der Waals surface area (Å²) in [6.07, 6.45) is 5.30. The smallest absolute Gasteiger partial charge is 0.220 e. The average molecular weight is 460 g/mol. The first-order valence-electron chi connectivity index (χ1n) is 9.16. The van der Waals surface area contributed by atoms with Crippen LogP contribution in [0, 0.1) is 0 Å². The Morgan fingerprint density at radius 2 is 1.77 bits per heavy atom. The number of pyridine rings is 1. The first kappa shape index (κ1) is 21.0. The summed E-state index contributed by atoms with van der Waals surface area (Å²) in [6.45, 7) is 0.478. The van der Waals surface area contributed by atoms with Gasteiger partial charge in [0.15, 0.2) is 5.82 Å². The van der Waals surface area contributed by atoms with Crippen LogP contribution in [-0.2, 0) is 13.6 Å². The van der Waals surface area contributed by atoms with Gasteiger partial charge in [-0.25, -0.2) is 15.0 Å². The van der Waals surface area contributed by atoms with Crippen LogP contribution in [0.5, 0.6) is 11.5 Å². The maximum Gasteiger partial charge on any atom is 0.220 e. The number of benzene rings is 1. The number of nitrogens with one attached hydrogen (secondary N) is 1. The van der Waals surface area contributed by atoms with Gasteiger partial charge in [0.25, 0.3) is 0 Å². The lowest BCUT2D eigenvalue weighted by molar-refractivity contribution is 0.395. The number of nitrogens with zero attached hydrogens (tertiary/aromatic N) is 5. The second-order valence-electron chi connectivity index (χ2n) is 6.68. The van der Waals surface area contributed by atoms with Crippen molar-refractivity contribution >= 4 is 45.9 Å². The minimum absolute atomic E-state index is 0.144. The van der Waals surface area contributed by atoms with Crippen molar-refractivity contribution in [1.29, 1.82) is 0 Å². The number of ether oxygens (including phenoxy) is 2. The second kappa shape index (κ2) is 8.44. The van der Waals surface area contributed by atoms with Crippen LogP contribution in [0.1, 0.15) is 5.56 Å². The molecule has 31 heavy (non-hydrogen) atoms. The van der Waals surface area contributed by atoms with Crippen molar-refractivity contribution < 1.29 is 9.47 Å². The predicted octanol–water partition coefficient (Wildman–Crippen LogP) is 3.94. The molecule has 1 aromatic carbocycles. The molecule has 3 aromatic heterocycles. The molecule has 4 rings (SSSR count). The van der Waals surface area contributed by atoms with E-state index in [2.05, 4.69) is 20.4 Å². The van der Waals surface area contributed by atoms with Crippen LogP contribution in [0.3, 0.4) is 0 Å². The fourth-order valence-electron chi connectivity index (χ4n) is 3.16. The van der Waals surface area contributed by atoms with Crippen molar-refractivity contribution in [2.75, 3.05) is 25.3 Å². The molecule has 160 valence electrons. The van der Waals surface area contributed by atoms with Gasteiger partial charge in [-0.1, -0.05) is 23.2 Å². The molecule has 11 heteroatoms. The van der Waals surface area contributed by atoms with E-state index in [-0.39, 0.29) is 5.95 Å². The van der Waals surface area contributed by atoms with Crippen molar-refractivity contribution in [3.05, 3.63) is 46.3 Å². The highest BCUT2D eigenvalue weighted by atomic mass is 35.5. The average Bonchev–Trinajstić information content (AvgIpc) is 3.17. The highest BCUT2D eigenvalue weighted by Crippen LogP contribution is 2.46. The van der Waals surface area contributed by atoms with Gasteiger partial charge in [-0.2, -0.15) is 5.10 Å². The molecule has 0 atom stereocenters. The standard InChI is InChI=1S/C20H19Cl2N7O2/c1-29-9-10(7-26-29)6-24-19-18-11(8-25-20(23)28-18)4-12(27-19)15-16(21)13(30-2)5-14(31-3)17(15)22/h4-5,7-9H,6H2,1-3H3,(H,24,27)(H2,23,25,28). The molecule has 0 aliphatic heterocycles. The van der Waals surface area contributed by atoms with Crippen LogP contribution in [0.2, 0.25) is 10.0 Å². The second-order valence-corrected chi connectivity index (χ2v) is 7.44. The zero-order valence-electron chi connectivity index (χ0n) is 17.0. The topological polar surface area (TPSA) is 113 Å². The number of methoxy groups -OCH3 is 2. The molecule has 0 amide bonds. The lowest BCUT2D eigenvalue weighted by Gasteiger charge is -2.16. The van der Waals surface area contributed by atoms with Gasteiger partial charge in [0.2, 0.25) is 5.95 Å². The summed E-state index contributed by atoms with van der Waals surface area (Å²) in [5, 5.41) is 8.81. The summed E-state index contributed by atoms with van der Waals surface area (Å²) in [6, 6.07) is 3.41. The van der Waals surface area contributed by atoms with Crippen LogP contribution >= 0.6 is 23.2 Å². The van der Waals surface area contributed by atoms with Gasteiger partial charge >= 0.3 is 0 Å². The van der Waals surface area contributed by atoms with Crippen molar-refractivity contribution in [3.63, 3.8) is 0 Å². The quantitative estimate of drug-likeness (QED) is 0.445. The van der Waals surface area contributed by atoms with Gasteiger partial charge in [0, 0.05) is 48.6 Å². The third-order valence-corrected chi connectivity index (χ3v) is 5.38. The molecule has 0 radical (unpaired) electrons. The Hall–Kier alpha value is -3.30. The minimum Gasteiger partial charge on any atom is -0.495 e. The Bertz CT molecular complexity index is 1250. The van der Waals surface area contributed by atoms with E-state index >= 15 is 0 Å². The van der Waals surface area contributed by atoms with Gasteiger partial charge in [0.05, 0.1) is 36.2 Å². The molecular formula is C20H19Cl2N7O2. The van der Waals surface area contributed by atoms with Crippen LogP contribution in [0.25, 0.3) is 22.2 Å². The summed E-state index contributed by atoms with van der Waals surface area (Å²) >= 11 is 13.2. The molecule has 0 aliphatic rings. The lowest BCUT2D eigenvalue weighted by Crippen LogP contribution is -2.05. The molecule has 0 unspecified atom stereocenters. The molecule has 3 N–H and O–H groups in total. The molecular weight excluding hydrogens is 441 g/mol. The molecule has 9 nitrogen and oxygen atoms in total. The van der Waals surface area contributed by atoms with E-state index in [1.54, 1.807) is 29.2 Å². The van der Waals surface area contributed by atoms with Crippen LogP contribution < -0.4 is 20.5 Å². The summed E-state index contributed by atoms with van der Waals surface area (Å²) in [5.41, 5.74) is 8.33. The van der Waals surface area contributed by atoms with Crippen LogP contribution in [0.4, 0.5) is 11.8 Å². The number of fused-ring (bicyclic) bond motifs is 1. The molecule has 0 fully saturated rings. The third-order valence-electron chi connectivity index (χ3n) is 4.63. The number of hydrogen-bond donors (Lipinski definition) is 2. The van der Waals surface area contributed by atoms with E-state index < -0.39 is 0 Å². The van der Waals surface area contributed by atoms with Crippen LogP contribution in [0.15, 0.2) is 30.7 Å². The number of hydrogen-bond acceptors (Lipinski definition) is 8. The Morgan fingerprint density at radius 3 is 2.39 bits per heavy atom. The van der Waals surface area contributed by atoms with Gasteiger partial charge < -0.3 is 20.5 Å². The van der Waals surface area contributed by atoms with E-state index in [4.69, 9.17) is 43.4 Å². The zero-order valence-corrected chi connectivity index (χ0v) is 18.5. The zero-order chi connectivity index (χ0) is 22.1. The number of nitrogen functional groups attached to an aromatic ring is 1. The summed E-state index contributed by atoms with van der Waals surface area (Å²) in [4.78, 5) is 13.2. The number of halogens is 2. The Labute approximate surface area is 188 Å². The van der Waals surface area contributed by atoms with E-state index in [9.17, 15) is 0 Å². The monoisotopic (exact) mass is 459 g/mol. The van der Waals surface area contributed by atoms with Gasteiger partial charge in [0.1, 0.15) is 17.0 Å². The number of nitrogens with two attached hydrogens (primary N) is 1. The van der Waals surface area contributed by atoms with Gasteiger partial charge in [-0.05, 0) is 6.07 Å². The summed E-state index contributed by atoms with van der Waals surface area (Å²) in [5.74, 6) is 1.47. The third kappa shape index (κ3) is 4.01. The maximum absolute atomic E-state index is 6.59. The number of anilines is 2. The van der Waals surface area contributed by atoms with Crippen molar-refractivity contribution in [2.45, 2.75) is 6.54 Å². The summed E-state index contributed by atoms with van der Waals surface area (Å²) in [7, 11) is 4.89. The van der Waals surface area contributed by atoms with Gasteiger partial charge in [-0.15, -0.1) is 0 Å². The highest BCUT2D eigenvalue weighted by molar-refractivity contribution is 6.41. The first-order valence-corrected chi connectivity index (χ1v) is 9.91. The lowest BCUT2D eigenvalue weighted by atomic mass is 10.1. The summed E-state index contributed by atoms with van der Waals surface area (Å²) < 4.78 is 12.5. The molecule has 0 bridgehead atoms. The number of aromatic nitrogens is 5. The molecule has 0 saturated carbocycles. The van der Waals surface area contributed by atoms with Crippen LogP contribution in [-0.4, -0.2) is 39.0 Å². The fraction of sp³-hybridized carbons (Fsp3) is 0.200. The fourth-order valence-corrected chi connectivity index (χ4v) is 3.86. The minimum atomic E-state index is 0.144. The molecule has 0 spiro atoms. The molecule has 3 heterocycles. The van der Waals surface area contributed by atoms with Crippen molar-refractivity contribution in [1.82, 2.24) is 24.7 Å². The van der Waals surface area contributed by atoms with E-state index in [0.29, 0.717) is 56.1 Å². The van der Waals surface area contributed by atoms with E-state index in [1.165, 1.54) is 14.2 Å². The van der Waals surface area contributed by atoms with Gasteiger partial charge in [-0.3, -0.25) is 4.68 Å². The SMILES string of the molecule is COc1cc(OC)c(Cl)c(-c2cc3cnc(N)nc3c(NCc3cnn(C)c3)n2)c1Cl. The predicted molar refractivity (Wildman–Crippen MR) is 121 cm³/mol. The molecule has 4 aromatic rings. The first-order chi connectivity index (χ1) is 14.9. The normalized spacial score (nSPS) is 11.0. The molecule has 0 saturated heterocycles. The Morgan fingerprint density at radius 1 is 1.06 bits per heavy atom. The van der Waals surface area contributed by atoms with E-state index in [0.717, 1.165) is 5.56 Å². The number of aryl methyl sites for hydroxylation is 1. The highest BCUT2D eigenvalue weighted by Gasteiger charge is 2.21. The Balaban J connectivity index is 1.89. The number of rotatable bonds is 6. The van der Waals surface area contributed by atoms with Crippen molar-refractivity contribution in [3.8, 4) is 22.8 Å². The Kier molecular flexibility index (Phi) is 5.71. The largest absolute Gasteiger partial charge is 0.495 e. The van der Waals surface area contributed by atoms with E-state index in [1.807, 2.05) is 13.2 Å².